The van der Waals surface area contributed by atoms with E-state index in [1.54, 1.807) is 22.7 Å². The molecule has 20 heavy (non-hydrogen) atoms. The molecule has 0 radical (unpaired) electrons. The van der Waals surface area contributed by atoms with E-state index in [4.69, 9.17) is 5.10 Å². The maximum atomic E-state index is 4.74. The largest absolute Gasteiger partial charge is 0.246 e. The van der Waals surface area contributed by atoms with E-state index in [1.165, 1.54) is 17.7 Å². The normalized spacial score (nSPS) is 15.6. The molecule has 4 rings (SSSR count). The fourth-order valence-corrected chi connectivity index (χ4v) is 4.31. The van der Waals surface area contributed by atoms with Crippen LogP contribution in [-0.2, 0) is 0 Å². The highest BCUT2D eigenvalue weighted by Crippen LogP contribution is 2.41. The van der Waals surface area contributed by atoms with Crippen molar-refractivity contribution < 1.29 is 0 Å². The second-order valence-corrected chi connectivity index (χ2v) is 7.70. The molecule has 1 aliphatic rings. The molecule has 3 aromatic heterocycles. The van der Waals surface area contributed by atoms with E-state index >= 15 is 0 Å². The van der Waals surface area contributed by atoms with Gasteiger partial charge in [0.2, 0.25) is 4.96 Å². The summed E-state index contributed by atoms with van der Waals surface area (Å²) in [6.45, 7) is 6.40. The van der Waals surface area contributed by atoms with Crippen LogP contribution in [0.15, 0.2) is 0 Å². The van der Waals surface area contributed by atoms with Gasteiger partial charge in [0.05, 0.1) is 15.6 Å². The summed E-state index contributed by atoms with van der Waals surface area (Å²) in [5.41, 5.74) is 1.14. The van der Waals surface area contributed by atoms with Gasteiger partial charge in [-0.2, -0.15) is 9.61 Å². The van der Waals surface area contributed by atoms with Crippen LogP contribution in [-0.4, -0.2) is 24.8 Å². The third-order valence-corrected chi connectivity index (χ3v) is 5.50. The van der Waals surface area contributed by atoms with Crippen molar-refractivity contribution in [3.63, 3.8) is 0 Å². The summed E-state index contributed by atoms with van der Waals surface area (Å²) < 4.78 is 1.93. The van der Waals surface area contributed by atoms with Gasteiger partial charge < -0.3 is 0 Å². The van der Waals surface area contributed by atoms with Gasteiger partial charge in [-0.3, -0.25) is 0 Å². The van der Waals surface area contributed by atoms with Crippen molar-refractivity contribution in [1.82, 2.24) is 24.8 Å². The maximum Gasteiger partial charge on any atom is 0.235 e. The van der Waals surface area contributed by atoms with Crippen LogP contribution >= 0.6 is 22.7 Å². The van der Waals surface area contributed by atoms with Crippen LogP contribution in [0.4, 0.5) is 0 Å². The molecule has 0 saturated heterocycles. The van der Waals surface area contributed by atoms with Gasteiger partial charge in [0.25, 0.3) is 0 Å². The molecule has 3 aromatic rings. The van der Waals surface area contributed by atoms with Crippen molar-refractivity contribution in [3.05, 3.63) is 16.5 Å². The first-order chi connectivity index (χ1) is 9.63. The average Bonchev–Trinajstić information content (AvgIpc) is 2.85. The molecule has 0 aromatic carbocycles. The highest BCUT2D eigenvalue weighted by molar-refractivity contribution is 7.24. The number of nitrogens with zero attached hydrogens (tertiary/aromatic N) is 5. The molecule has 1 saturated carbocycles. The molecule has 0 spiro atoms. The van der Waals surface area contributed by atoms with E-state index in [9.17, 15) is 0 Å². The lowest BCUT2D eigenvalue weighted by molar-refractivity contribution is 0.818. The third-order valence-electron chi connectivity index (χ3n) is 3.46. The SMILES string of the molecule is Cc1nc(C(C)C)c(-c2nn3c(C4CC4)nnc3s2)s1. The zero-order valence-corrected chi connectivity index (χ0v) is 13.3. The average molecular weight is 305 g/mol. The van der Waals surface area contributed by atoms with Gasteiger partial charge in [0.1, 0.15) is 0 Å². The van der Waals surface area contributed by atoms with Gasteiger partial charge in [-0.05, 0) is 25.7 Å². The number of rotatable bonds is 3. The molecule has 0 N–H and O–H groups in total. The Kier molecular flexibility index (Phi) is 2.68. The Bertz CT molecular complexity index is 778. The van der Waals surface area contributed by atoms with Crippen molar-refractivity contribution >= 4 is 27.6 Å². The lowest BCUT2D eigenvalue weighted by Gasteiger charge is -2.01. The van der Waals surface area contributed by atoms with Gasteiger partial charge in [0, 0.05) is 5.92 Å². The van der Waals surface area contributed by atoms with E-state index in [-0.39, 0.29) is 0 Å². The Balaban J connectivity index is 1.85. The Morgan fingerprint density at radius 3 is 2.70 bits per heavy atom. The minimum Gasteiger partial charge on any atom is -0.246 e. The summed E-state index contributed by atoms with van der Waals surface area (Å²) >= 11 is 3.33. The van der Waals surface area contributed by atoms with E-state index in [0.29, 0.717) is 11.8 Å². The van der Waals surface area contributed by atoms with Crippen LogP contribution in [0, 0.1) is 6.92 Å². The fraction of sp³-hybridized carbons (Fsp3) is 0.538. The second-order valence-electron chi connectivity index (χ2n) is 5.54. The first-order valence-electron chi connectivity index (χ1n) is 6.83. The van der Waals surface area contributed by atoms with Crippen LogP contribution in [0.1, 0.15) is 55.1 Å². The van der Waals surface area contributed by atoms with Crippen molar-refractivity contribution in [2.45, 2.75) is 45.4 Å². The van der Waals surface area contributed by atoms with Crippen LogP contribution in [0.25, 0.3) is 14.8 Å². The highest BCUT2D eigenvalue weighted by Gasteiger charge is 2.30. The zero-order chi connectivity index (χ0) is 13.9. The monoisotopic (exact) mass is 305 g/mol. The molecular weight excluding hydrogens is 290 g/mol. The van der Waals surface area contributed by atoms with Gasteiger partial charge in [-0.15, -0.1) is 21.5 Å². The van der Waals surface area contributed by atoms with Crippen LogP contribution < -0.4 is 0 Å². The van der Waals surface area contributed by atoms with Gasteiger partial charge in [0.15, 0.2) is 10.8 Å². The Hall–Kier alpha value is -1.34. The van der Waals surface area contributed by atoms with Crippen molar-refractivity contribution in [2.24, 2.45) is 0 Å². The van der Waals surface area contributed by atoms with Gasteiger partial charge in [-0.25, -0.2) is 4.98 Å². The van der Waals surface area contributed by atoms with Crippen molar-refractivity contribution in [3.8, 4) is 9.88 Å². The number of aromatic nitrogens is 5. The molecule has 0 bridgehead atoms. The third kappa shape index (κ3) is 1.88. The standard InChI is InChI=1S/C13H15N5S2/c1-6(2)9-10(19-7(3)14-9)12-17-18-11(8-4-5-8)15-16-13(18)20-12/h6,8H,4-5H2,1-3H3. The van der Waals surface area contributed by atoms with Crippen molar-refractivity contribution in [1.29, 1.82) is 0 Å². The molecule has 1 fully saturated rings. The van der Waals surface area contributed by atoms with E-state index in [0.717, 1.165) is 26.5 Å². The van der Waals surface area contributed by atoms with Crippen molar-refractivity contribution in [2.75, 3.05) is 0 Å². The quantitative estimate of drug-likeness (QED) is 0.741. The highest BCUT2D eigenvalue weighted by atomic mass is 32.1. The predicted octanol–water partition coefficient (Wildman–Crippen LogP) is 3.62. The number of hydrogen-bond acceptors (Lipinski definition) is 6. The Morgan fingerprint density at radius 1 is 1.20 bits per heavy atom. The summed E-state index contributed by atoms with van der Waals surface area (Å²) in [4.78, 5) is 6.73. The summed E-state index contributed by atoms with van der Waals surface area (Å²) in [5.74, 6) is 2.00. The zero-order valence-electron chi connectivity index (χ0n) is 11.6. The number of aryl methyl sites for hydroxylation is 1. The molecule has 1 aliphatic carbocycles. The lowest BCUT2D eigenvalue weighted by Crippen LogP contribution is -1.94. The smallest absolute Gasteiger partial charge is 0.235 e. The summed E-state index contributed by atoms with van der Waals surface area (Å²) in [6.07, 6.45) is 2.43. The fourth-order valence-electron chi connectivity index (χ4n) is 2.31. The molecule has 104 valence electrons. The molecule has 7 heteroatoms. The summed E-state index contributed by atoms with van der Waals surface area (Å²) in [6, 6.07) is 0. The summed E-state index contributed by atoms with van der Waals surface area (Å²) in [7, 11) is 0. The topological polar surface area (TPSA) is 56.0 Å². The first-order valence-corrected chi connectivity index (χ1v) is 8.46. The molecule has 0 aliphatic heterocycles. The van der Waals surface area contributed by atoms with E-state index < -0.39 is 0 Å². The first kappa shape index (κ1) is 12.4. The molecule has 3 heterocycles. The van der Waals surface area contributed by atoms with Crippen LogP contribution in [0.5, 0.6) is 0 Å². The number of thiazole rings is 1. The van der Waals surface area contributed by atoms with Gasteiger partial charge >= 0.3 is 0 Å². The summed E-state index contributed by atoms with van der Waals surface area (Å²) in [5, 5.41) is 15.4. The number of fused-ring (bicyclic) bond motifs is 1. The minimum absolute atomic E-state index is 0.409. The molecular formula is C13H15N5S2. The second kappa shape index (κ2) is 4.33. The predicted molar refractivity (Wildman–Crippen MR) is 80.6 cm³/mol. The Morgan fingerprint density at radius 2 is 2.00 bits per heavy atom. The van der Waals surface area contributed by atoms with E-state index in [2.05, 4.69) is 36.0 Å². The lowest BCUT2D eigenvalue weighted by atomic mass is 10.1. The van der Waals surface area contributed by atoms with E-state index in [1.807, 2.05) is 4.52 Å². The maximum absolute atomic E-state index is 4.74. The molecule has 0 unspecified atom stereocenters. The molecule has 5 nitrogen and oxygen atoms in total. The van der Waals surface area contributed by atoms with Gasteiger partial charge in [-0.1, -0.05) is 25.2 Å². The van der Waals surface area contributed by atoms with Crippen LogP contribution in [0.3, 0.4) is 0 Å². The number of hydrogen-bond donors (Lipinski definition) is 0. The minimum atomic E-state index is 0.409. The molecule has 0 atom stereocenters. The molecule has 0 amide bonds. The van der Waals surface area contributed by atoms with Crippen LogP contribution in [0.2, 0.25) is 0 Å². The Labute approximate surface area is 124 Å².